The standard InChI is InChI=1S/C19H24FN3O2/c1-21-19(23-14-15-7-3-4-10-18(15)20)22-11-6-12-25-17-9-5-8-16(13-17)24-2/h3-5,7-10,13H,6,11-12,14H2,1-2H3,(H2,21,22,23). The van der Waals surface area contributed by atoms with Gasteiger partial charge in [-0.2, -0.15) is 0 Å². The van der Waals surface area contributed by atoms with E-state index in [1.165, 1.54) is 6.07 Å². The van der Waals surface area contributed by atoms with Crippen molar-refractivity contribution in [1.29, 1.82) is 0 Å². The molecule has 0 atom stereocenters. The Balaban J connectivity index is 1.66. The van der Waals surface area contributed by atoms with E-state index >= 15 is 0 Å². The van der Waals surface area contributed by atoms with E-state index in [4.69, 9.17) is 9.47 Å². The lowest BCUT2D eigenvalue weighted by Gasteiger charge is -2.13. The van der Waals surface area contributed by atoms with Gasteiger partial charge in [-0.25, -0.2) is 4.39 Å². The maximum atomic E-state index is 13.6. The first-order chi connectivity index (χ1) is 12.2. The predicted octanol–water partition coefficient (Wildman–Crippen LogP) is 2.97. The molecule has 0 unspecified atom stereocenters. The Morgan fingerprint density at radius 1 is 1.08 bits per heavy atom. The van der Waals surface area contributed by atoms with Gasteiger partial charge in [0, 0.05) is 31.8 Å². The third-order valence-electron chi connectivity index (χ3n) is 3.55. The molecule has 0 fully saturated rings. The van der Waals surface area contributed by atoms with Crippen LogP contribution in [-0.2, 0) is 6.54 Å². The van der Waals surface area contributed by atoms with Crippen LogP contribution >= 0.6 is 0 Å². The maximum Gasteiger partial charge on any atom is 0.191 e. The molecule has 0 aromatic heterocycles. The van der Waals surface area contributed by atoms with Gasteiger partial charge in [0.15, 0.2) is 5.96 Å². The molecule has 6 heteroatoms. The van der Waals surface area contributed by atoms with Crippen molar-refractivity contribution in [3.8, 4) is 11.5 Å². The molecule has 2 aromatic carbocycles. The Morgan fingerprint density at radius 2 is 1.88 bits per heavy atom. The van der Waals surface area contributed by atoms with E-state index in [-0.39, 0.29) is 5.82 Å². The molecule has 0 bridgehead atoms. The van der Waals surface area contributed by atoms with Crippen LogP contribution in [0.5, 0.6) is 11.5 Å². The van der Waals surface area contributed by atoms with Gasteiger partial charge in [-0.1, -0.05) is 24.3 Å². The van der Waals surface area contributed by atoms with Gasteiger partial charge in [0.2, 0.25) is 0 Å². The summed E-state index contributed by atoms with van der Waals surface area (Å²) in [6, 6.07) is 14.2. The van der Waals surface area contributed by atoms with Crippen molar-refractivity contribution in [2.24, 2.45) is 4.99 Å². The normalized spacial score (nSPS) is 11.1. The Morgan fingerprint density at radius 3 is 2.64 bits per heavy atom. The van der Waals surface area contributed by atoms with Gasteiger partial charge in [0.25, 0.3) is 0 Å². The SMILES string of the molecule is CN=C(NCCCOc1cccc(OC)c1)NCc1ccccc1F. The Hall–Kier alpha value is -2.76. The van der Waals surface area contributed by atoms with Crippen molar-refractivity contribution in [2.45, 2.75) is 13.0 Å². The fourth-order valence-electron chi connectivity index (χ4n) is 2.20. The van der Waals surface area contributed by atoms with Crippen LogP contribution < -0.4 is 20.1 Å². The Labute approximate surface area is 147 Å². The molecule has 0 saturated carbocycles. The molecule has 2 rings (SSSR count). The number of rotatable bonds is 8. The number of nitrogens with zero attached hydrogens (tertiary/aromatic N) is 1. The van der Waals surface area contributed by atoms with Crippen LogP contribution in [0.4, 0.5) is 4.39 Å². The third kappa shape index (κ3) is 6.33. The fourth-order valence-corrected chi connectivity index (χ4v) is 2.20. The van der Waals surface area contributed by atoms with Crippen molar-refractivity contribution in [2.75, 3.05) is 27.3 Å². The highest BCUT2D eigenvalue weighted by molar-refractivity contribution is 5.79. The van der Waals surface area contributed by atoms with E-state index in [9.17, 15) is 4.39 Å². The molecule has 0 amide bonds. The lowest BCUT2D eigenvalue weighted by molar-refractivity contribution is 0.308. The molecule has 0 heterocycles. The monoisotopic (exact) mass is 345 g/mol. The predicted molar refractivity (Wildman–Crippen MR) is 97.7 cm³/mol. The summed E-state index contributed by atoms with van der Waals surface area (Å²) in [5.74, 6) is 1.96. The molecule has 0 aliphatic carbocycles. The van der Waals surface area contributed by atoms with Crippen molar-refractivity contribution >= 4 is 5.96 Å². The molecule has 0 radical (unpaired) electrons. The topological polar surface area (TPSA) is 54.9 Å². The fraction of sp³-hybridized carbons (Fsp3) is 0.316. The average Bonchev–Trinajstić information content (AvgIpc) is 2.65. The second kappa shape index (κ2) is 10.2. The zero-order valence-corrected chi connectivity index (χ0v) is 14.6. The number of benzene rings is 2. The number of halogens is 1. The summed E-state index contributed by atoms with van der Waals surface area (Å²) in [7, 11) is 3.31. The van der Waals surface area contributed by atoms with Crippen LogP contribution in [0.3, 0.4) is 0 Å². The molecule has 134 valence electrons. The quantitative estimate of drug-likeness (QED) is 0.439. The van der Waals surface area contributed by atoms with Crippen molar-refractivity contribution in [3.63, 3.8) is 0 Å². The van der Waals surface area contributed by atoms with E-state index < -0.39 is 0 Å². The van der Waals surface area contributed by atoms with E-state index in [1.807, 2.05) is 30.3 Å². The number of ether oxygens (including phenoxy) is 2. The van der Waals surface area contributed by atoms with E-state index in [0.29, 0.717) is 31.2 Å². The minimum Gasteiger partial charge on any atom is -0.497 e. The molecule has 25 heavy (non-hydrogen) atoms. The van der Waals surface area contributed by atoms with Gasteiger partial charge in [-0.3, -0.25) is 4.99 Å². The second-order valence-electron chi connectivity index (χ2n) is 5.32. The van der Waals surface area contributed by atoms with E-state index in [1.54, 1.807) is 26.3 Å². The van der Waals surface area contributed by atoms with Gasteiger partial charge in [-0.15, -0.1) is 0 Å². The first-order valence-corrected chi connectivity index (χ1v) is 8.17. The minimum atomic E-state index is -0.225. The average molecular weight is 345 g/mol. The molecule has 2 N–H and O–H groups in total. The molecule has 0 aliphatic rings. The highest BCUT2D eigenvalue weighted by Crippen LogP contribution is 2.18. The lowest BCUT2D eigenvalue weighted by atomic mass is 10.2. The summed E-state index contributed by atoms with van der Waals surface area (Å²) < 4.78 is 24.4. The number of methoxy groups -OCH3 is 1. The number of hydrogen-bond acceptors (Lipinski definition) is 3. The molecule has 2 aromatic rings. The molecular formula is C19H24FN3O2. The summed E-state index contributed by atoms with van der Waals surface area (Å²) in [5, 5.41) is 6.27. The number of guanidine groups is 1. The summed E-state index contributed by atoms with van der Waals surface area (Å²) in [6.45, 7) is 1.65. The molecular weight excluding hydrogens is 321 g/mol. The first-order valence-electron chi connectivity index (χ1n) is 8.17. The van der Waals surface area contributed by atoms with E-state index in [0.717, 1.165) is 17.9 Å². The van der Waals surface area contributed by atoms with Gasteiger partial charge in [0.1, 0.15) is 17.3 Å². The summed E-state index contributed by atoms with van der Waals surface area (Å²) in [4.78, 5) is 4.13. The molecule has 0 spiro atoms. The highest BCUT2D eigenvalue weighted by Gasteiger charge is 2.02. The van der Waals surface area contributed by atoms with Crippen LogP contribution in [0.2, 0.25) is 0 Å². The van der Waals surface area contributed by atoms with Crippen LogP contribution in [0.15, 0.2) is 53.5 Å². The smallest absolute Gasteiger partial charge is 0.191 e. The summed E-state index contributed by atoms with van der Waals surface area (Å²) >= 11 is 0. The molecule has 5 nitrogen and oxygen atoms in total. The maximum absolute atomic E-state index is 13.6. The van der Waals surface area contributed by atoms with Gasteiger partial charge in [0.05, 0.1) is 13.7 Å². The minimum absolute atomic E-state index is 0.225. The lowest BCUT2D eigenvalue weighted by Crippen LogP contribution is -2.37. The Kier molecular flexibility index (Phi) is 7.56. The first kappa shape index (κ1) is 18.6. The van der Waals surface area contributed by atoms with E-state index in [2.05, 4.69) is 15.6 Å². The second-order valence-corrected chi connectivity index (χ2v) is 5.32. The third-order valence-corrected chi connectivity index (χ3v) is 3.55. The van der Waals surface area contributed by atoms with Crippen molar-refractivity contribution in [1.82, 2.24) is 10.6 Å². The van der Waals surface area contributed by atoms with Crippen LogP contribution in [0, 0.1) is 5.82 Å². The van der Waals surface area contributed by atoms with Gasteiger partial charge < -0.3 is 20.1 Å². The summed E-state index contributed by atoms with van der Waals surface area (Å²) in [5.41, 5.74) is 0.604. The van der Waals surface area contributed by atoms with Gasteiger partial charge >= 0.3 is 0 Å². The summed E-state index contributed by atoms with van der Waals surface area (Å²) in [6.07, 6.45) is 0.803. The molecule has 0 saturated heterocycles. The van der Waals surface area contributed by atoms with Crippen LogP contribution in [0.1, 0.15) is 12.0 Å². The largest absolute Gasteiger partial charge is 0.497 e. The Bertz CT molecular complexity index is 692. The highest BCUT2D eigenvalue weighted by atomic mass is 19.1. The van der Waals surface area contributed by atoms with Crippen LogP contribution in [-0.4, -0.2) is 33.3 Å². The molecule has 0 aliphatic heterocycles. The number of nitrogens with one attached hydrogen (secondary N) is 2. The van der Waals surface area contributed by atoms with Gasteiger partial charge in [-0.05, 0) is 24.6 Å². The number of hydrogen-bond donors (Lipinski definition) is 2. The van der Waals surface area contributed by atoms with Crippen molar-refractivity contribution < 1.29 is 13.9 Å². The number of aliphatic imine (C=N–C) groups is 1. The van der Waals surface area contributed by atoms with Crippen molar-refractivity contribution in [3.05, 3.63) is 59.9 Å². The van der Waals surface area contributed by atoms with Crippen LogP contribution in [0.25, 0.3) is 0 Å². The zero-order valence-electron chi connectivity index (χ0n) is 14.6. The zero-order chi connectivity index (χ0) is 17.9.